The molecular formula is C21H32F2N2O4. The number of alkyl halides is 2. The first-order valence-electron chi connectivity index (χ1n) is 10.3. The van der Waals surface area contributed by atoms with E-state index >= 15 is 0 Å². The molecule has 2 fully saturated rings. The Morgan fingerprint density at radius 1 is 0.931 bits per heavy atom. The van der Waals surface area contributed by atoms with E-state index in [9.17, 15) is 13.9 Å². The van der Waals surface area contributed by atoms with Crippen LogP contribution in [0, 0.1) is 0 Å². The van der Waals surface area contributed by atoms with Crippen molar-refractivity contribution in [3.63, 3.8) is 0 Å². The van der Waals surface area contributed by atoms with Crippen molar-refractivity contribution in [1.29, 1.82) is 0 Å². The van der Waals surface area contributed by atoms with E-state index in [1.807, 2.05) is 29.2 Å². The van der Waals surface area contributed by atoms with E-state index < -0.39 is 11.5 Å². The van der Waals surface area contributed by atoms with Gasteiger partial charge in [-0.1, -0.05) is 12.1 Å². The molecule has 0 unspecified atom stereocenters. The molecular weight excluding hydrogens is 382 g/mol. The Bertz CT molecular complexity index is 622. The fourth-order valence-electron chi connectivity index (χ4n) is 3.99. The number of likely N-dealkylation sites (tertiary alicyclic amines) is 2. The summed E-state index contributed by atoms with van der Waals surface area (Å²) in [5.74, 6) is -1.79. The van der Waals surface area contributed by atoms with Crippen LogP contribution >= 0.6 is 0 Å². The lowest BCUT2D eigenvalue weighted by Gasteiger charge is -2.36. The van der Waals surface area contributed by atoms with E-state index in [0.717, 1.165) is 24.4 Å². The van der Waals surface area contributed by atoms with Gasteiger partial charge in [0.2, 0.25) is 0 Å². The van der Waals surface area contributed by atoms with Crippen molar-refractivity contribution in [3.05, 3.63) is 29.8 Å². The highest BCUT2D eigenvalue weighted by atomic mass is 19.3. The first kappa shape index (κ1) is 22.4. The van der Waals surface area contributed by atoms with Crippen molar-refractivity contribution in [2.45, 2.75) is 37.3 Å². The number of hydrogen-bond donors (Lipinski definition) is 2. The minimum atomic E-state index is -2.55. The molecule has 1 atom stereocenters. The van der Waals surface area contributed by atoms with Crippen LogP contribution in [0.25, 0.3) is 0 Å². The molecule has 2 saturated heterocycles. The second kappa shape index (κ2) is 10.1. The molecule has 164 valence electrons. The van der Waals surface area contributed by atoms with Gasteiger partial charge in [0, 0.05) is 52.1 Å². The largest absolute Gasteiger partial charge is 0.491 e. The molecule has 1 aromatic carbocycles. The fourth-order valence-corrected chi connectivity index (χ4v) is 3.99. The third kappa shape index (κ3) is 7.15. The van der Waals surface area contributed by atoms with Gasteiger partial charge in [0.25, 0.3) is 5.92 Å². The SMILES string of the molecule is OCCOCCOc1ccc(CN2CC[C@](O)(CN3CCC(F)(F)CC3)C2)cc1. The van der Waals surface area contributed by atoms with Crippen molar-refractivity contribution in [2.24, 2.45) is 0 Å². The van der Waals surface area contributed by atoms with Gasteiger partial charge in [-0.05, 0) is 24.1 Å². The van der Waals surface area contributed by atoms with Gasteiger partial charge in [-0.25, -0.2) is 8.78 Å². The lowest BCUT2D eigenvalue weighted by Crippen LogP contribution is -2.49. The van der Waals surface area contributed by atoms with Gasteiger partial charge in [-0.2, -0.15) is 0 Å². The Labute approximate surface area is 171 Å². The number of hydrogen-bond acceptors (Lipinski definition) is 6. The number of aliphatic hydroxyl groups is 2. The summed E-state index contributed by atoms with van der Waals surface area (Å²) in [5.41, 5.74) is 0.306. The molecule has 6 nitrogen and oxygen atoms in total. The van der Waals surface area contributed by atoms with Crippen molar-refractivity contribution < 1.29 is 28.5 Å². The zero-order valence-corrected chi connectivity index (χ0v) is 16.9. The zero-order valence-electron chi connectivity index (χ0n) is 16.9. The summed E-state index contributed by atoms with van der Waals surface area (Å²) in [6.07, 6.45) is 0.429. The van der Waals surface area contributed by atoms with Gasteiger partial charge in [0.15, 0.2) is 0 Å². The minimum absolute atomic E-state index is 0.00823. The Morgan fingerprint density at radius 3 is 2.31 bits per heavy atom. The first-order valence-corrected chi connectivity index (χ1v) is 10.3. The average Bonchev–Trinajstić information content (AvgIpc) is 3.05. The third-order valence-electron chi connectivity index (χ3n) is 5.58. The molecule has 2 aliphatic heterocycles. The van der Waals surface area contributed by atoms with Crippen LogP contribution in [0.1, 0.15) is 24.8 Å². The quantitative estimate of drug-likeness (QED) is 0.569. The van der Waals surface area contributed by atoms with Crippen LogP contribution in [0.15, 0.2) is 24.3 Å². The molecule has 0 spiro atoms. The zero-order chi connectivity index (χ0) is 20.7. The van der Waals surface area contributed by atoms with Crippen LogP contribution in [0.5, 0.6) is 5.75 Å². The molecule has 0 radical (unpaired) electrons. The average molecular weight is 414 g/mol. The first-order chi connectivity index (χ1) is 13.9. The summed E-state index contributed by atoms with van der Waals surface area (Å²) in [6, 6.07) is 7.84. The topological polar surface area (TPSA) is 65.4 Å². The molecule has 2 N–H and O–H groups in total. The second-order valence-electron chi connectivity index (χ2n) is 8.15. The van der Waals surface area contributed by atoms with Gasteiger partial charge in [-0.15, -0.1) is 0 Å². The number of ether oxygens (including phenoxy) is 2. The number of rotatable bonds is 10. The van der Waals surface area contributed by atoms with E-state index in [1.165, 1.54) is 0 Å². The number of benzene rings is 1. The van der Waals surface area contributed by atoms with Crippen LogP contribution in [0.4, 0.5) is 8.78 Å². The number of halogens is 2. The Kier molecular flexibility index (Phi) is 7.81. The normalized spacial score (nSPS) is 25.4. The minimum Gasteiger partial charge on any atom is -0.491 e. The third-order valence-corrected chi connectivity index (χ3v) is 5.58. The monoisotopic (exact) mass is 414 g/mol. The molecule has 0 bridgehead atoms. The molecule has 2 heterocycles. The standard InChI is InChI=1S/C21H32F2N2O4/c22-21(23)6-9-24(10-7-21)16-20(27)5-8-25(17-20)15-18-1-3-19(4-2-18)29-14-13-28-12-11-26/h1-4,26-27H,5-17H2/t20-/m0/s1. The van der Waals surface area contributed by atoms with Crippen LogP contribution < -0.4 is 4.74 Å². The summed E-state index contributed by atoms with van der Waals surface area (Å²) in [5, 5.41) is 19.6. The van der Waals surface area contributed by atoms with Gasteiger partial charge >= 0.3 is 0 Å². The summed E-state index contributed by atoms with van der Waals surface area (Å²) in [7, 11) is 0. The Morgan fingerprint density at radius 2 is 1.62 bits per heavy atom. The number of nitrogens with zero attached hydrogens (tertiary/aromatic N) is 2. The van der Waals surface area contributed by atoms with Crippen LogP contribution in [0.3, 0.4) is 0 Å². The highest BCUT2D eigenvalue weighted by molar-refractivity contribution is 5.27. The molecule has 1 aromatic rings. The van der Waals surface area contributed by atoms with Crippen molar-refractivity contribution >= 4 is 0 Å². The van der Waals surface area contributed by atoms with Crippen LogP contribution in [0.2, 0.25) is 0 Å². The molecule has 8 heteroatoms. The molecule has 29 heavy (non-hydrogen) atoms. The van der Waals surface area contributed by atoms with Crippen molar-refractivity contribution in [2.75, 3.05) is 59.2 Å². The van der Waals surface area contributed by atoms with Gasteiger partial charge in [0.05, 0.1) is 25.4 Å². The number of aliphatic hydroxyl groups excluding tert-OH is 1. The Hall–Kier alpha value is -1.32. The lowest BCUT2D eigenvalue weighted by atomic mass is 10.00. The summed E-state index contributed by atoms with van der Waals surface area (Å²) < 4.78 is 37.4. The summed E-state index contributed by atoms with van der Waals surface area (Å²) in [6.45, 7) is 4.43. The fraction of sp³-hybridized carbons (Fsp3) is 0.714. The second-order valence-corrected chi connectivity index (χ2v) is 8.15. The van der Waals surface area contributed by atoms with E-state index in [-0.39, 0.29) is 19.4 Å². The van der Waals surface area contributed by atoms with E-state index in [0.29, 0.717) is 52.4 Å². The number of β-amino-alcohol motifs (C(OH)–C–C–N with tert-alkyl or cyclic N) is 1. The van der Waals surface area contributed by atoms with Crippen molar-refractivity contribution in [1.82, 2.24) is 9.80 Å². The smallest absolute Gasteiger partial charge is 0.250 e. The summed E-state index contributed by atoms with van der Waals surface area (Å²) in [4.78, 5) is 4.18. The van der Waals surface area contributed by atoms with E-state index in [2.05, 4.69) is 4.90 Å². The highest BCUT2D eigenvalue weighted by Crippen LogP contribution is 2.30. The Balaban J connectivity index is 1.40. The maximum absolute atomic E-state index is 13.3. The lowest BCUT2D eigenvalue weighted by molar-refractivity contribution is -0.0724. The predicted molar refractivity (Wildman–Crippen MR) is 105 cm³/mol. The maximum atomic E-state index is 13.3. The van der Waals surface area contributed by atoms with Crippen LogP contribution in [-0.4, -0.2) is 90.7 Å². The van der Waals surface area contributed by atoms with Gasteiger partial charge in [0.1, 0.15) is 12.4 Å². The molecule has 0 aromatic heterocycles. The molecule has 0 aliphatic carbocycles. The van der Waals surface area contributed by atoms with E-state index in [1.54, 1.807) is 0 Å². The van der Waals surface area contributed by atoms with Crippen LogP contribution in [-0.2, 0) is 11.3 Å². The summed E-state index contributed by atoms with van der Waals surface area (Å²) >= 11 is 0. The molecule has 2 aliphatic rings. The molecule has 0 amide bonds. The van der Waals surface area contributed by atoms with E-state index in [4.69, 9.17) is 14.6 Å². The molecule has 3 rings (SSSR count). The van der Waals surface area contributed by atoms with Crippen molar-refractivity contribution in [3.8, 4) is 5.75 Å². The van der Waals surface area contributed by atoms with Gasteiger partial charge in [-0.3, -0.25) is 9.80 Å². The maximum Gasteiger partial charge on any atom is 0.250 e. The van der Waals surface area contributed by atoms with Gasteiger partial charge < -0.3 is 19.7 Å². The predicted octanol–water partition coefficient (Wildman–Crippen LogP) is 1.74. The highest BCUT2D eigenvalue weighted by Gasteiger charge is 2.40. The molecule has 0 saturated carbocycles. The number of piperidine rings is 1.